The van der Waals surface area contributed by atoms with Gasteiger partial charge in [-0.1, -0.05) is 12.1 Å². The van der Waals surface area contributed by atoms with Crippen LogP contribution >= 0.6 is 0 Å². The van der Waals surface area contributed by atoms with Crippen LogP contribution in [-0.4, -0.2) is 46.2 Å². The number of ether oxygens (including phenoxy) is 2. The van der Waals surface area contributed by atoms with E-state index in [1.807, 2.05) is 26.0 Å². The molecule has 0 unspecified atom stereocenters. The largest absolute Gasteiger partial charge is 0.494 e. The van der Waals surface area contributed by atoms with E-state index in [0.29, 0.717) is 19.8 Å². The van der Waals surface area contributed by atoms with Crippen molar-refractivity contribution in [2.75, 3.05) is 36.5 Å². The van der Waals surface area contributed by atoms with Crippen LogP contribution in [0.4, 0.5) is 11.8 Å². The molecule has 8 heteroatoms. The molecule has 1 aliphatic heterocycles. The van der Waals surface area contributed by atoms with Crippen molar-refractivity contribution in [2.45, 2.75) is 27.3 Å². The highest BCUT2D eigenvalue weighted by Gasteiger charge is 2.20. The molecule has 0 saturated carbocycles. The third-order valence-corrected chi connectivity index (χ3v) is 6.57. The summed E-state index contributed by atoms with van der Waals surface area (Å²) in [7, 11) is 0. The van der Waals surface area contributed by atoms with Crippen LogP contribution in [-0.2, 0) is 6.54 Å². The van der Waals surface area contributed by atoms with Crippen molar-refractivity contribution < 1.29 is 9.47 Å². The molecular formula is C29H30N6O2. The number of benzene rings is 3. The van der Waals surface area contributed by atoms with Crippen molar-refractivity contribution in [3.8, 4) is 22.6 Å². The Kier molecular flexibility index (Phi) is 6.00. The second kappa shape index (κ2) is 9.61. The zero-order valence-corrected chi connectivity index (χ0v) is 21.3. The van der Waals surface area contributed by atoms with E-state index in [0.717, 1.165) is 80.8 Å². The van der Waals surface area contributed by atoms with E-state index in [1.165, 1.54) is 0 Å². The summed E-state index contributed by atoms with van der Waals surface area (Å²) in [5.41, 5.74) is 6.24. The van der Waals surface area contributed by atoms with Gasteiger partial charge in [0.05, 0.1) is 29.7 Å². The van der Waals surface area contributed by atoms with Gasteiger partial charge in [-0.2, -0.15) is 0 Å². The molecule has 2 aromatic heterocycles. The first-order chi connectivity index (χ1) is 18.1. The van der Waals surface area contributed by atoms with Crippen molar-refractivity contribution in [2.24, 2.45) is 0 Å². The van der Waals surface area contributed by atoms with Gasteiger partial charge in [0.2, 0.25) is 5.95 Å². The number of hydrogen-bond donors (Lipinski definition) is 2. The molecule has 0 fully saturated rings. The zero-order valence-electron chi connectivity index (χ0n) is 21.3. The summed E-state index contributed by atoms with van der Waals surface area (Å²) in [5, 5.41) is 4.25. The molecule has 3 aromatic carbocycles. The molecule has 3 heterocycles. The van der Waals surface area contributed by atoms with Gasteiger partial charge < -0.3 is 24.7 Å². The Balaban J connectivity index is 1.35. The quantitative estimate of drug-likeness (QED) is 0.313. The summed E-state index contributed by atoms with van der Waals surface area (Å²) in [6.45, 7) is 9.43. The van der Waals surface area contributed by atoms with Crippen LogP contribution in [0.3, 0.4) is 0 Å². The number of anilines is 2. The lowest BCUT2D eigenvalue weighted by Crippen LogP contribution is -2.26. The first-order valence-corrected chi connectivity index (χ1v) is 12.8. The molecule has 37 heavy (non-hydrogen) atoms. The number of aromatic amines is 1. The topological polar surface area (TPSA) is 88.2 Å². The molecule has 0 radical (unpaired) electrons. The minimum atomic E-state index is 0.585. The van der Waals surface area contributed by atoms with E-state index in [2.05, 4.69) is 74.6 Å². The average molecular weight is 495 g/mol. The predicted octanol–water partition coefficient (Wildman–Crippen LogP) is 5.71. The van der Waals surface area contributed by atoms with Gasteiger partial charge >= 0.3 is 0 Å². The first-order valence-electron chi connectivity index (χ1n) is 12.8. The van der Waals surface area contributed by atoms with Crippen LogP contribution in [0.1, 0.15) is 25.2 Å². The van der Waals surface area contributed by atoms with E-state index in [4.69, 9.17) is 14.5 Å². The number of nitrogens with zero attached hydrogens (tertiary/aromatic N) is 4. The van der Waals surface area contributed by atoms with Crippen molar-refractivity contribution in [1.29, 1.82) is 0 Å². The second-order valence-electron chi connectivity index (χ2n) is 9.15. The maximum atomic E-state index is 6.16. The Morgan fingerprint density at radius 2 is 1.84 bits per heavy atom. The summed E-state index contributed by atoms with van der Waals surface area (Å²) in [5.74, 6) is 4.18. The first kappa shape index (κ1) is 23.1. The number of rotatable bonds is 6. The van der Waals surface area contributed by atoms with Gasteiger partial charge in [-0.25, -0.2) is 15.0 Å². The van der Waals surface area contributed by atoms with Gasteiger partial charge in [0.25, 0.3) is 0 Å². The van der Waals surface area contributed by atoms with E-state index >= 15 is 0 Å². The molecule has 0 amide bonds. The van der Waals surface area contributed by atoms with Gasteiger partial charge in [-0.3, -0.25) is 0 Å². The third-order valence-electron chi connectivity index (χ3n) is 6.57. The summed E-state index contributed by atoms with van der Waals surface area (Å²) >= 11 is 0. The van der Waals surface area contributed by atoms with Crippen molar-refractivity contribution in [1.82, 2.24) is 19.9 Å². The average Bonchev–Trinajstić information content (AvgIpc) is 3.17. The number of aromatic nitrogens is 4. The van der Waals surface area contributed by atoms with Crippen molar-refractivity contribution in [3.05, 3.63) is 66.0 Å². The van der Waals surface area contributed by atoms with E-state index in [-0.39, 0.29) is 0 Å². The molecule has 5 aromatic rings. The van der Waals surface area contributed by atoms with Gasteiger partial charge in [0.15, 0.2) is 0 Å². The Bertz CT molecular complexity index is 1600. The molecule has 0 spiro atoms. The monoisotopic (exact) mass is 494 g/mol. The molecule has 2 N–H and O–H groups in total. The molecule has 0 saturated heterocycles. The van der Waals surface area contributed by atoms with Crippen LogP contribution in [0.2, 0.25) is 0 Å². The highest BCUT2D eigenvalue weighted by atomic mass is 16.5. The lowest BCUT2D eigenvalue weighted by atomic mass is 10.0. The van der Waals surface area contributed by atoms with E-state index < -0.39 is 0 Å². The molecule has 0 bridgehead atoms. The summed E-state index contributed by atoms with van der Waals surface area (Å²) in [6.07, 6.45) is 0. The van der Waals surface area contributed by atoms with Gasteiger partial charge in [-0.15, -0.1) is 0 Å². The lowest BCUT2D eigenvalue weighted by Gasteiger charge is -2.23. The minimum Gasteiger partial charge on any atom is -0.494 e. The fourth-order valence-electron chi connectivity index (χ4n) is 4.90. The summed E-state index contributed by atoms with van der Waals surface area (Å²) < 4.78 is 11.9. The van der Waals surface area contributed by atoms with E-state index in [1.54, 1.807) is 0 Å². The molecule has 8 nitrogen and oxygen atoms in total. The van der Waals surface area contributed by atoms with Crippen molar-refractivity contribution >= 4 is 33.7 Å². The van der Waals surface area contributed by atoms with Crippen molar-refractivity contribution in [3.63, 3.8) is 0 Å². The standard InChI is InChI=1S/C29H30N6O2/c1-4-30-29-33-24-10-6-20(15-26(24)34-29)19-7-11-27-21(14-19)17-35(12-13-37-27)28-23-9-8-22(36-5-2)16-25(23)31-18(3)32-28/h6-11,14-16H,4-5,12-13,17H2,1-3H3,(H2,30,33,34). The highest BCUT2D eigenvalue weighted by Crippen LogP contribution is 2.34. The summed E-state index contributed by atoms with van der Waals surface area (Å²) in [6, 6.07) is 18.8. The molecule has 0 aliphatic carbocycles. The highest BCUT2D eigenvalue weighted by molar-refractivity contribution is 5.90. The normalized spacial score (nSPS) is 13.3. The van der Waals surface area contributed by atoms with Crippen LogP contribution in [0, 0.1) is 6.92 Å². The number of hydrogen-bond acceptors (Lipinski definition) is 7. The molecular weight excluding hydrogens is 464 g/mol. The maximum Gasteiger partial charge on any atom is 0.201 e. The van der Waals surface area contributed by atoms with Gasteiger partial charge in [0, 0.05) is 30.1 Å². The molecule has 188 valence electrons. The van der Waals surface area contributed by atoms with Crippen LogP contribution < -0.4 is 19.7 Å². The van der Waals surface area contributed by atoms with Crippen LogP contribution in [0.5, 0.6) is 11.5 Å². The number of imidazole rings is 1. The second-order valence-corrected chi connectivity index (χ2v) is 9.15. The molecule has 0 atom stereocenters. The number of nitrogens with one attached hydrogen (secondary N) is 2. The maximum absolute atomic E-state index is 6.16. The Morgan fingerprint density at radius 1 is 0.973 bits per heavy atom. The van der Waals surface area contributed by atoms with Gasteiger partial charge in [-0.05, 0) is 68.3 Å². The van der Waals surface area contributed by atoms with Gasteiger partial charge in [0.1, 0.15) is 29.7 Å². The number of H-pyrrole nitrogens is 1. The predicted molar refractivity (Wildman–Crippen MR) is 148 cm³/mol. The number of fused-ring (bicyclic) bond motifs is 3. The third kappa shape index (κ3) is 4.50. The zero-order chi connectivity index (χ0) is 25.4. The summed E-state index contributed by atoms with van der Waals surface area (Å²) in [4.78, 5) is 19.8. The minimum absolute atomic E-state index is 0.585. The Hall–Kier alpha value is -4.33. The smallest absolute Gasteiger partial charge is 0.201 e. The Morgan fingerprint density at radius 3 is 2.70 bits per heavy atom. The molecule has 6 rings (SSSR count). The van der Waals surface area contributed by atoms with Crippen LogP contribution in [0.15, 0.2) is 54.6 Å². The van der Waals surface area contributed by atoms with Crippen LogP contribution in [0.25, 0.3) is 33.1 Å². The lowest BCUT2D eigenvalue weighted by molar-refractivity contribution is 0.331. The Labute approximate surface area is 215 Å². The molecule has 1 aliphatic rings. The SMILES string of the molecule is CCNc1nc2ccc(-c3ccc4c(c3)CN(c3nc(C)nc5cc(OCC)ccc35)CCO4)cc2[nH]1. The fraction of sp³-hybridized carbons (Fsp3) is 0.276. The fourth-order valence-corrected chi connectivity index (χ4v) is 4.90. The van der Waals surface area contributed by atoms with E-state index in [9.17, 15) is 0 Å². The number of aryl methyl sites for hydroxylation is 1.